The molecule has 2 aliphatic carbocycles. The molecule has 2 N–H and O–H groups in total. The van der Waals surface area contributed by atoms with Crippen LogP contribution < -0.4 is 0 Å². The van der Waals surface area contributed by atoms with Gasteiger partial charge in [0.15, 0.2) is 5.82 Å². The maximum atomic E-state index is 8.87. The van der Waals surface area contributed by atoms with Crippen molar-refractivity contribution in [3.63, 3.8) is 0 Å². The Morgan fingerprint density at radius 1 is 0.426 bits per heavy atom. The van der Waals surface area contributed by atoms with Gasteiger partial charge >= 0.3 is 0 Å². The highest BCUT2D eigenvalue weighted by molar-refractivity contribution is 6.54. The van der Waals surface area contributed by atoms with Crippen LogP contribution in [0.15, 0.2) is 182 Å². The van der Waals surface area contributed by atoms with E-state index in [-0.39, 0.29) is 16.8 Å². The number of hydrogen-bond donors (Lipinski definition) is 2. The minimum atomic E-state index is -0.0552. The molecule has 0 atom stereocenters. The van der Waals surface area contributed by atoms with Gasteiger partial charge in [0.1, 0.15) is 0 Å². The number of fused-ring (bicyclic) bond motifs is 6. The lowest BCUT2D eigenvalue weighted by Crippen LogP contribution is -2.17. The molecular formula is C56H39N5. The first-order valence-electron chi connectivity index (χ1n) is 20.6. The van der Waals surface area contributed by atoms with Gasteiger partial charge in [0.05, 0.1) is 34.0 Å². The second-order valence-electron chi connectivity index (χ2n) is 16.4. The summed E-state index contributed by atoms with van der Waals surface area (Å²) in [4.78, 5) is 15.4. The molecule has 0 spiro atoms. The van der Waals surface area contributed by atoms with Gasteiger partial charge in [0.2, 0.25) is 0 Å². The molecule has 0 aliphatic heterocycles. The lowest BCUT2D eigenvalue weighted by atomic mass is 9.81. The van der Waals surface area contributed by atoms with Gasteiger partial charge in [-0.15, -0.1) is 0 Å². The minimum absolute atomic E-state index is 0.0552. The van der Waals surface area contributed by atoms with E-state index in [9.17, 15) is 0 Å². The summed E-state index contributed by atoms with van der Waals surface area (Å²) in [5, 5.41) is 18.1. The Balaban J connectivity index is 0.940. The van der Waals surface area contributed by atoms with Crippen molar-refractivity contribution in [1.82, 2.24) is 15.0 Å². The third kappa shape index (κ3) is 6.13. The number of pyridine rings is 1. The summed E-state index contributed by atoms with van der Waals surface area (Å²) in [5.41, 5.74) is 19.1. The fourth-order valence-electron chi connectivity index (χ4n) is 9.10. The third-order valence-corrected chi connectivity index (χ3v) is 12.4. The number of aromatic nitrogens is 3. The molecule has 2 aliphatic rings. The fourth-order valence-corrected chi connectivity index (χ4v) is 9.10. The number of benzene rings is 7. The minimum Gasteiger partial charge on any atom is -0.299 e. The van der Waals surface area contributed by atoms with Crippen LogP contribution in [0, 0.1) is 10.8 Å². The predicted molar refractivity (Wildman–Crippen MR) is 251 cm³/mol. The summed E-state index contributed by atoms with van der Waals surface area (Å²) in [6.45, 7) is 4.65. The van der Waals surface area contributed by atoms with Crippen molar-refractivity contribution in [3.8, 4) is 78.5 Å². The molecule has 2 heterocycles. The number of allylic oxidation sites excluding steroid dienone is 1. The number of nitrogens with one attached hydrogen (secondary N) is 2. The second kappa shape index (κ2) is 14.1. The van der Waals surface area contributed by atoms with E-state index in [2.05, 4.69) is 135 Å². The maximum Gasteiger partial charge on any atom is 0.160 e. The van der Waals surface area contributed by atoms with Gasteiger partial charge in [0, 0.05) is 44.2 Å². The monoisotopic (exact) mass is 781 g/mol. The highest BCUT2D eigenvalue weighted by Crippen LogP contribution is 2.49. The van der Waals surface area contributed by atoms with E-state index in [4.69, 9.17) is 25.8 Å². The average Bonchev–Trinajstić information content (AvgIpc) is 3.55. The smallest absolute Gasteiger partial charge is 0.160 e. The predicted octanol–water partition coefficient (Wildman–Crippen LogP) is 13.7. The summed E-state index contributed by atoms with van der Waals surface area (Å²) in [5.74, 6) is 0.674. The van der Waals surface area contributed by atoms with Crippen LogP contribution >= 0.6 is 0 Å². The molecule has 5 heteroatoms. The molecule has 0 bridgehead atoms. The maximum absolute atomic E-state index is 8.87. The van der Waals surface area contributed by atoms with E-state index in [1.807, 2.05) is 60.7 Å². The molecule has 61 heavy (non-hydrogen) atoms. The Kier molecular flexibility index (Phi) is 8.39. The highest BCUT2D eigenvalue weighted by atomic mass is 14.9. The summed E-state index contributed by atoms with van der Waals surface area (Å²) in [7, 11) is 0. The topological polar surface area (TPSA) is 86.4 Å². The molecule has 288 valence electrons. The number of rotatable bonds is 6. The van der Waals surface area contributed by atoms with Crippen LogP contribution in [0.3, 0.4) is 0 Å². The second-order valence-corrected chi connectivity index (χ2v) is 16.4. The van der Waals surface area contributed by atoms with E-state index in [0.29, 0.717) is 5.82 Å². The Bertz CT molecular complexity index is 3270. The molecule has 5 nitrogen and oxygen atoms in total. The molecule has 2 aromatic heterocycles. The van der Waals surface area contributed by atoms with Crippen molar-refractivity contribution in [2.24, 2.45) is 0 Å². The SMILES string of the molecule is CC1(C)c2ccccc2-c2ccc(-c3ccc(-c4cc(-c5ccc(-c6ccc7c8c(c(-c9ccccc9)nc7c6)C=CC(=N)C8=N)cc5)nc(-c5ccccc5)n4)cc3)cc21. The van der Waals surface area contributed by atoms with Crippen LogP contribution in [0.2, 0.25) is 0 Å². The average molecular weight is 782 g/mol. The first-order valence-corrected chi connectivity index (χ1v) is 20.6. The molecule has 7 aromatic carbocycles. The summed E-state index contributed by atoms with van der Waals surface area (Å²) < 4.78 is 0. The molecule has 0 saturated heterocycles. The van der Waals surface area contributed by atoms with E-state index in [1.165, 1.54) is 33.4 Å². The summed E-state index contributed by atoms with van der Waals surface area (Å²) in [6.07, 6.45) is 3.61. The van der Waals surface area contributed by atoms with E-state index in [1.54, 1.807) is 6.08 Å². The van der Waals surface area contributed by atoms with Gasteiger partial charge in [-0.3, -0.25) is 10.8 Å². The molecule has 0 amide bonds. The Labute approximate surface area is 354 Å². The van der Waals surface area contributed by atoms with Crippen LogP contribution in [0.5, 0.6) is 0 Å². The Hall–Kier alpha value is -7.89. The standard InChI is InChI=1S/C56H39N5/c1-56(2)46-16-10-9-15-42(46)43-27-25-40(31-47(43)56)34-17-21-36(22-18-34)49-33-50(61-55(60-49)39-13-7-4-8-14-39)37-23-19-35(20-24-37)41-26-28-44-51(32-41)59-54(38-11-5-3-6-12-38)45-29-30-48(57)53(58)52(44)45/h3-33,57-58H,1-2H3. The highest BCUT2D eigenvalue weighted by Gasteiger charge is 2.35. The molecule has 0 radical (unpaired) electrons. The van der Waals surface area contributed by atoms with Crippen LogP contribution in [0.4, 0.5) is 0 Å². The summed E-state index contributed by atoms with van der Waals surface area (Å²) in [6, 6.07) is 61.4. The Morgan fingerprint density at radius 3 is 1.64 bits per heavy atom. The van der Waals surface area contributed by atoms with Crippen molar-refractivity contribution in [2.45, 2.75) is 19.3 Å². The largest absolute Gasteiger partial charge is 0.299 e. The fraction of sp³-hybridized carbons (Fsp3) is 0.0536. The zero-order chi connectivity index (χ0) is 41.2. The van der Waals surface area contributed by atoms with Gasteiger partial charge in [0.25, 0.3) is 0 Å². The lowest BCUT2D eigenvalue weighted by Gasteiger charge is -2.22. The van der Waals surface area contributed by atoms with Crippen molar-refractivity contribution in [1.29, 1.82) is 10.8 Å². The first kappa shape index (κ1) is 36.2. The van der Waals surface area contributed by atoms with Crippen molar-refractivity contribution >= 4 is 28.4 Å². The summed E-state index contributed by atoms with van der Waals surface area (Å²) >= 11 is 0. The number of nitrogens with zero attached hydrogens (tertiary/aromatic N) is 3. The van der Waals surface area contributed by atoms with Crippen LogP contribution in [0.25, 0.3) is 95.5 Å². The van der Waals surface area contributed by atoms with E-state index >= 15 is 0 Å². The molecular weight excluding hydrogens is 743 g/mol. The van der Waals surface area contributed by atoms with Crippen LogP contribution in [0.1, 0.15) is 36.1 Å². The molecule has 0 saturated carbocycles. The number of hydrogen-bond acceptors (Lipinski definition) is 5. The molecule has 0 fully saturated rings. The van der Waals surface area contributed by atoms with E-state index < -0.39 is 0 Å². The first-order chi connectivity index (χ1) is 29.8. The van der Waals surface area contributed by atoms with Crippen molar-refractivity contribution in [2.75, 3.05) is 0 Å². The van der Waals surface area contributed by atoms with Crippen LogP contribution in [-0.2, 0) is 5.41 Å². The molecule has 9 aromatic rings. The van der Waals surface area contributed by atoms with Gasteiger partial charge < -0.3 is 0 Å². The van der Waals surface area contributed by atoms with Gasteiger partial charge in [-0.05, 0) is 74.9 Å². The van der Waals surface area contributed by atoms with Gasteiger partial charge in [-0.25, -0.2) is 15.0 Å². The third-order valence-electron chi connectivity index (χ3n) is 12.4. The molecule has 11 rings (SSSR count). The zero-order valence-corrected chi connectivity index (χ0v) is 33.7. The van der Waals surface area contributed by atoms with Gasteiger partial charge in [-0.2, -0.15) is 0 Å². The van der Waals surface area contributed by atoms with Crippen LogP contribution in [-0.4, -0.2) is 26.4 Å². The van der Waals surface area contributed by atoms with Crippen molar-refractivity contribution < 1.29 is 0 Å². The Morgan fingerprint density at radius 2 is 0.967 bits per heavy atom. The van der Waals surface area contributed by atoms with E-state index in [0.717, 1.165) is 72.5 Å². The molecule has 0 unspecified atom stereocenters. The lowest BCUT2D eigenvalue weighted by molar-refractivity contribution is 0.660. The quantitative estimate of drug-likeness (QED) is 0.176. The van der Waals surface area contributed by atoms with Crippen molar-refractivity contribution in [3.05, 3.63) is 204 Å². The normalized spacial score (nSPS) is 13.5. The zero-order valence-electron chi connectivity index (χ0n) is 33.7. The van der Waals surface area contributed by atoms with Gasteiger partial charge in [-0.1, -0.05) is 172 Å².